The van der Waals surface area contributed by atoms with Gasteiger partial charge in [-0.2, -0.15) is 0 Å². The number of piperidine rings is 1. The minimum atomic E-state index is -0.232. The number of carbonyl (C=O) groups excluding carboxylic acids is 2. The van der Waals surface area contributed by atoms with Crippen molar-refractivity contribution < 1.29 is 14.3 Å². The molecule has 0 spiro atoms. The summed E-state index contributed by atoms with van der Waals surface area (Å²) in [5.41, 5.74) is 5.38. The molecule has 0 saturated carbocycles. The summed E-state index contributed by atoms with van der Waals surface area (Å²) in [5.74, 6) is 0.801. The van der Waals surface area contributed by atoms with Gasteiger partial charge in [-0.15, -0.1) is 24.0 Å². The highest BCUT2D eigenvalue weighted by molar-refractivity contribution is 14.0. The second-order valence-corrected chi connectivity index (χ2v) is 7.37. The Morgan fingerprint density at radius 3 is 2.24 bits per heavy atom. The lowest BCUT2D eigenvalue weighted by atomic mass is 9.96. The molecule has 2 fully saturated rings. The fraction of sp³-hybridized carbons (Fsp3) is 0.842. The van der Waals surface area contributed by atoms with Crippen LogP contribution in [0.2, 0.25) is 0 Å². The topological polar surface area (TPSA) is 104 Å². The third-order valence-corrected chi connectivity index (χ3v) is 5.49. The number of hydrogen-bond donors (Lipinski definition) is 2. The van der Waals surface area contributed by atoms with Gasteiger partial charge in [0.15, 0.2) is 5.96 Å². The number of piperazine rings is 1. The number of amides is 2. The van der Waals surface area contributed by atoms with E-state index in [9.17, 15) is 9.59 Å². The lowest BCUT2D eigenvalue weighted by Gasteiger charge is -2.35. The SMILES string of the molecule is CCOC(=O)N1CCN(C(=NC)NCCCCN2CCC(C(N)=O)CC2)CC1.I. The van der Waals surface area contributed by atoms with Crippen LogP contribution in [0.1, 0.15) is 32.6 Å². The molecule has 2 heterocycles. The van der Waals surface area contributed by atoms with Gasteiger partial charge in [-0.1, -0.05) is 0 Å². The van der Waals surface area contributed by atoms with E-state index in [0.29, 0.717) is 19.7 Å². The molecular weight excluding hydrogens is 487 g/mol. The largest absolute Gasteiger partial charge is 0.450 e. The van der Waals surface area contributed by atoms with Gasteiger partial charge in [0.25, 0.3) is 0 Å². The van der Waals surface area contributed by atoms with Gasteiger partial charge < -0.3 is 30.5 Å². The molecule has 0 aliphatic carbocycles. The highest BCUT2D eigenvalue weighted by Crippen LogP contribution is 2.16. The Kier molecular flexibility index (Phi) is 12.3. The second-order valence-electron chi connectivity index (χ2n) is 7.37. The molecule has 0 atom stereocenters. The third-order valence-electron chi connectivity index (χ3n) is 5.49. The molecular formula is C19H37IN6O3. The Morgan fingerprint density at radius 1 is 1.07 bits per heavy atom. The summed E-state index contributed by atoms with van der Waals surface area (Å²) in [7, 11) is 1.79. The van der Waals surface area contributed by atoms with Gasteiger partial charge in [-0.05, 0) is 52.2 Å². The van der Waals surface area contributed by atoms with E-state index < -0.39 is 0 Å². The van der Waals surface area contributed by atoms with E-state index in [2.05, 4.69) is 20.1 Å². The number of ether oxygens (including phenoxy) is 1. The zero-order valence-electron chi connectivity index (χ0n) is 17.8. The summed E-state index contributed by atoms with van der Waals surface area (Å²) in [6, 6.07) is 0. The quantitative estimate of drug-likeness (QED) is 0.222. The van der Waals surface area contributed by atoms with Crippen LogP contribution < -0.4 is 11.1 Å². The van der Waals surface area contributed by atoms with Crippen LogP contribution in [0.4, 0.5) is 4.79 Å². The molecule has 168 valence electrons. The molecule has 2 rings (SSSR count). The molecule has 0 aromatic heterocycles. The standard InChI is InChI=1S/C19H36N6O3.HI/c1-3-28-19(27)25-14-12-24(13-15-25)18(21-2)22-8-4-5-9-23-10-6-16(7-11-23)17(20)26;/h16H,3-15H2,1-2H3,(H2,20,26)(H,21,22);1H. The molecule has 2 aliphatic heterocycles. The van der Waals surface area contributed by atoms with Gasteiger partial charge in [0.1, 0.15) is 0 Å². The van der Waals surface area contributed by atoms with Crippen LogP contribution in [-0.4, -0.2) is 98.7 Å². The van der Waals surface area contributed by atoms with Crippen LogP contribution in [0, 0.1) is 5.92 Å². The molecule has 0 aromatic rings. The molecule has 0 aromatic carbocycles. The maximum absolute atomic E-state index is 11.8. The minimum absolute atomic E-state index is 0. The van der Waals surface area contributed by atoms with Crippen molar-refractivity contribution in [3.8, 4) is 0 Å². The first-order chi connectivity index (χ1) is 13.5. The highest BCUT2D eigenvalue weighted by atomic mass is 127. The summed E-state index contributed by atoms with van der Waals surface area (Å²) in [6.07, 6.45) is 3.72. The lowest BCUT2D eigenvalue weighted by Crippen LogP contribution is -2.54. The molecule has 9 nitrogen and oxygen atoms in total. The second kappa shape index (κ2) is 13.8. The average molecular weight is 524 g/mol. The number of primary amides is 1. The molecule has 2 aliphatic rings. The highest BCUT2D eigenvalue weighted by Gasteiger charge is 2.24. The van der Waals surface area contributed by atoms with E-state index in [1.165, 1.54) is 0 Å². The smallest absolute Gasteiger partial charge is 0.409 e. The Hall–Kier alpha value is -1.30. The van der Waals surface area contributed by atoms with Crippen LogP contribution in [0.3, 0.4) is 0 Å². The molecule has 29 heavy (non-hydrogen) atoms. The van der Waals surface area contributed by atoms with E-state index >= 15 is 0 Å². The zero-order valence-corrected chi connectivity index (χ0v) is 20.1. The van der Waals surface area contributed by atoms with Crippen molar-refractivity contribution in [3.05, 3.63) is 0 Å². The first-order valence-corrected chi connectivity index (χ1v) is 10.4. The van der Waals surface area contributed by atoms with Gasteiger partial charge in [0.05, 0.1) is 6.61 Å². The monoisotopic (exact) mass is 524 g/mol. The van der Waals surface area contributed by atoms with Crippen LogP contribution in [0.15, 0.2) is 4.99 Å². The number of halogens is 1. The third kappa shape index (κ3) is 8.53. The molecule has 0 unspecified atom stereocenters. The number of nitrogens with two attached hydrogens (primary N) is 1. The van der Waals surface area contributed by atoms with Crippen molar-refractivity contribution in [1.29, 1.82) is 0 Å². The predicted molar refractivity (Wildman–Crippen MR) is 125 cm³/mol. The Morgan fingerprint density at radius 2 is 1.69 bits per heavy atom. The van der Waals surface area contributed by atoms with Crippen molar-refractivity contribution >= 4 is 41.9 Å². The fourth-order valence-electron chi connectivity index (χ4n) is 3.75. The first kappa shape index (κ1) is 25.7. The van der Waals surface area contributed by atoms with Crippen molar-refractivity contribution in [1.82, 2.24) is 20.0 Å². The van der Waals surface area contributed by atoms with Crippen molar-refractivity contribution in [2.45, 2.75) is 32.6 Å². The number of likely N-dealkylation sites (tertiary alicyclic amines) is 1. The number of nitrogens with zero attached hydrogens (tertiary/aromatic N) is 4. The Labute approximate surface area is 191 Å². The molecule has 2 amide bonds. The molecule has 3 N–H and O–H groups in total. The molecule has 2 saturated heterocycles. The van der Waals surface area contributed by atoms with Gasteiger partial charge in [-0.3, -0.25) is 9.79 Å². The maximum Gasteiger partial charge on any atom is 0.409 e. The van der Waals surface area contributed by atoms with Crippen molar-refractivity contribution in [2.24, 2.45) is 16.6 Å². The van der Waals surface area contributed by atoms with E-state index in [-0.39, 0.29) is 41.9 Å². The number of hydrogen-bond acceptors (Lipinski definition) is 5. The zero-order chi connectivity index (χ0) is 20.4. The first-order valence-electron chi connectivity index (χ1n) is 10.4. The van der Waals surface area contributed by atoms with Gasteiger partial charge in [-0.25, -0.2) is 4.79 Å². The summed E-state index contributed by atoms with van der Waals surface area (Å²) in [5, 5.41) is 3.43. The lowest BCUT2D eigenvalue weighted by molar-refractivity contribution is -0.123. The number of carbonyl (C=O) groups is 2. The fourth-order valence-corrected chi connectivity index (χ4v) is 3.75. The number of aliphatic imine (C=N–C) groups is 1. The van der Waals surface area contributed by atoms with Crippen LogP contribution in [0.5, 0.6) is 0 Å². The Balaban J connectivity index is 0.00000420. The van der Waals surface area contributed by atoms with Crippen LogP contribution >= 0.6 is 24.0 Å². The number of guanidine groups is 1. The maximum atomic E-state index is 11.8. The molecule has 10 heteroatoms. The van der Waals surface area contributed by atoms with E-state index in [1.807, 2.05) is 6.92 Å². The van der Waals surface area contributed by atoms with E-state index in [1.54, 1.807) is 11.9 Å². The van der Waals surface area contributed by atoms with Gasteiger partial charge in [0, 0.05) is 45.7 Å². The van der Waals surface area contributed by atoms with Crippen molar-refractivity contribution in [2.75, 3.05) is 66.0 Å². The van der Waals surface area contributed by atoms with E-state index in [0.717, 1.165) is 70.9 Å². The average Bonchev–Trinajstić information content (AvgIpc) is 2.71. The number of unbranched alkanes of at least 4 members (excludes halogenated alkanes) is 1. The van der Waals surface area contributed by atoms with Gasteiger partial charge >= 0.3 is 6.09 Å². The van der Waals surface area contributed by atoms with E-state index in [4.69, 9.17) is 10.5 Å². The number of rotatable bonds is 7. The summed E-state index contributed by atoms with van der Waals surface area (Å²) >= 11 is 0. The van der Waals surface area contributed by atoms with Gasteiger partial charge in [0.2, 0.25) is 5.91 Å². The van der Waals surface area contributed by atoms with Crippen LogP contribution in [-0.2, 0) is 9.53 Å². The summed E-state index contributed by atoms with van der Waals surface area (Å²) in [4.78, 5) is 33.7. The molecule has 0 bridgehead atoms. The Bertz CT molecular complexity index is 532. The number of nitrogens with one attached hydrogen (secondary N) is 1. The summed E-state index contributed by atoms with van der Waals surface area (Å²) in [6.45, 7) is 8.92. The summed E-state index contributed by atoms with van der Waals surface area (Å²) < 4.78 is 5.06. The minimum Gasteiger partial charge on any atom is -0.450 e. The molecule has 0 radical (unpaired) electrons. The predicted octanol–water partition coefficient (Wildman–Crippen LogP) is 0.931. The normalized spacial score (nSPS) is 18.9. The van der Waals surface area contributed by atoms with Crippen molar-refractivity contribution in [3.63, 3.8) is 0 Å². The van der Waals surface area contributed by atoms with Crippen LogP contribution in [0.25, 0.3) is 0 Å².